The maximum atomic E-state index is 5.22. The molecule has 3 nitrogen and oxygen atoms in total. The first kappa shape index (κ1) is 34.2. The van der Waals surface area contributed by atoms with Crippen LogP contribution in [0.5, 0.6) is 0 Å². The van der Waals surface area contributed by atoms with E-state index < -0.39 is 0 Å². The molecule has 0 bridgehead atoms. The van der Waals surface area contributed by atoms with Crippen molar-refractivity contribution in [2.24, 2.45) is 0 Å². The van der Waals surface area contributed by atoms with Crippen molar-refractivity contribution in [3.05, 3.63) is 162 Å². The number of imidazole rings is 1. The molecule has 3 aromatic heterocycles. The van der Waals surface area contributed by atoms with Crippen LogP contribution in [0.4, 0.5) is 0 Å². The molecule has 3 heterocycles. The minimum absolute atomic E-state index is 0. The van der Waals surface area contributed by atoms with Crippen molar-refractivity contribution >= 4 is 32.5 Å². The summed E-state index contributed by atoms with van der Waals surface area (Å²) >= 11 is 1.67. The van der Waals surface area contributed by atoms with Crippen LogP contribution in [0.15, 0.2) is 140 Å². The number of para-hydroxylation sites is 3. The van der Waals surface area contributed by atoms with Crippen LogP contribution in [0.2, 0.25) is 0 Å². The number of hydrogen-bond acceptors (Lipinski definition) is 3. The summed E-state index contributed by atoms with van der Waals surface area (Å²) in [6.45, 7) is 9.11. The van der Waals surface area contributed by atoms with Crippen molar-refractivity contribution in [3.8, 4) is 39.5 Å². The van der Waals surface area contributed by atoms with Crippen LogP contribution < -0.4 is 0 Å². The monoisotopic (exact) mass is 832 g/mol. The van der Waals surface area contributed by atoms with Gasteiger partial charge in [-0.1, -0.05) is 134 Å². The smallest absolute Gasteiger partial charge is 0.0774 e. The third kappa shape index (κ3) is 7.07. The predicted molar refractivity (Wildman–Crippen MR) is 203 cm³/mol. The average molecular weight is 832 g/mol. The first-order valence-electron chi connectivity index (χ1n) is 16.5. The minimum Gasteiger partial charge on any atom is -0.333 e. The SMILES string of the molecule is CC(C)c1cccc(C(C)C)c1-n1c(-c2[c-]sc3ccc(-c4ccccc4)cc23)nc2ccccc21.[Ir].[c-]1ccccc1-c1ccccn1. The Morgan fingerprint density at radius 2 is 1.39 bits per heavy atom. The summed E-state index contributed by atoms with van der Waals surface area (Å²) in [7, 11) is 0. The minimum atomic E-state index is 0. The zero-order chi connectivity index (χ0) is 33.0. The second-order valence-corrected chi connectivity index (χ2v) is 13.3. The van der Waals surface area contributed by atoms with E-state index in [1.54, 1.807) is 17.5 Å². The van der Waals surface area contributed by atoms with E-state index in [0.29, 0.717) is 11.8 Å². The molecule has 5 heteroatoms. The van der Waals surface area contributed by atoms with Gasteiger partial charge in [0.2, 0.25) is 0 Å². The fourth-order valence-electron chi connectivity index (χ4n) is 6.22. The topological polar surface area (TPSA) is 30.7 Å². The van der Waals surface area contributed by atoms with Crippen molar-refractivity contribution in [1.82, 2.24) is 14.5 Å². The van der Waals surface area contributed by atoms with Gasteiger partial charge in [0.1, 0.15) is 0 Å². The number of thiophene rings is 1. The molecular formula is C44H37IrN3S-2. The van der Waals surface area contributed by atoms with Crippen LogP contribution in [0.3, 0.4) is 0 Å². The molecule has 0 saturated carbocycles. The second kappa shape index (κ2) is 15.3. The van der Waals surface area contributed by atoms with Crippen molar-refractivity contribution < 1.29 is 20.1 Å². The number of aromatic nitrogens is 3. The first-order chi connectivity index (χ1) is 23.5. The Morgan fingerprint density at radius 3 is 2.08 bits per heavy atom. The normalized spacial score (nSPS) is 11.1. The molecule has 8 rings (SSSR count). The fourth-order valence-corrected chi connectivity index (χ4v) is 7.04. The number of hydrogen-bond donors (Lipinski definition) is 0. The summed E-state index contributed by atoms with van der Waals surface area (Å²) < 4.78 is 3.62. The van der Waals surface area contributed by atoms with Crippen molar-refractivity contribution in [1.29, 1.82) is 0 Å². The summed E-state index contributed by atoms with van der Waals surface area (Å²) in [6, 6.07) is 49.4. The molecule has 245 valence electrons. The van der Waals surface area contributed by atoms with E-state index in [-0.39, 0.29) is 20.1 Å². The Hall–Kier alpha value is -4.67. The van der Waals surface area contributed by atoms with E-state index in [9.17, 15) is 0 Å². The zero-order valence-electron chi connectivity index (χ0n) is 28.0. The number of rotatable bonds is 6. The van der Waals surface area contributed by atoms with Crippen molar-refractivity contribution in [2.75, 3.05) is 0 Å². The second-order valence-electron chi connectivity index (χ2n) is 12.5. The molecule has 0 saturated heterocycles. The summed E-state index contributed by atoms with van der Waals surface area (Å²) in [4.78, 5) is 9.44. The maximum absolute atomic E-state index is 5.22. The third-order valence-electron chi connectivity index (χ3n) is 8.62. The predicted octanol–water partition coefficient (Wildman–Crippen LogP) is 12.2. The molecule has 8 aromatic rings. The van der Waals surface area contributed by atoms with Crippen molar-refractivity contribution in [2.45, 2.75) is 39.5 Å². The van der Waals surface area contributed by atoms with Crippen LogP contribution in [0.1, 0.15) is 50.7 Å². The van der Waals surface area contributed by atoms with E-state index in [1.165, 1.54) is 38.0 Å². The molecule has 0 fully saturated rings. The number of pyridine rings is 1. The third-order valence-corrected chi connectivity index (χ3v) is 9.50. The molecule has 0 aliphatic rings. The number of fused-ring (bicyclic) bond motifs is 2. The molecule has 0 aliphatic heterocycles. The van der Waals surface area contributed by atoms with Gasteiger partial charge in [-0.3, -0.25) is 16.3 Å². The van der Waals surface area contributed by atoms with Gasteiger partial charge >= 0.3 is 0 Å². The van der Waals surface area contributed by atoms with E-state index in [4.69, 9.17) is 4.98 Å². The zero-order valence-corrected chi connectivity index (χ0v) is 31.2. The van der Waals surface area contributed by atoms with Crippen LogP contribution in [0, 0.1) is 11.4 Å². The standard InChI is InChI=1S/C33H29N2S.C11H8N.Ir/c1-21(2)25-13-10-14-26(22(3)4)32(25)35-30-16-9-8-15-29(30)34-33(35)28-20-36-31-18-17-24(19-27(28)31)23-11-6-5-7-12-23;1-2-6-10(7-3-1)11-8-4-5-9-12-11;/h5-19,21-22H,1-4H3;1-6,8-9H;/q2*-1;. The van der Waals surface area contributed by atoms with Gasteiger partial charge in [0.15, 0.2) is 0 Å². The average Bonchev–Trinajstić information content (AvgIpc) is 3.73. The Morgan fingerprint density at radius 1 is 0.673 bits per heavy atom. The van der Waals surface area contributed by atoms with Gasteiger partial charge in [0.25, 0.3) is 0 Å². The largest absolute Gasteiger partial charge is 0.333 e. The number of nitrogens with zero attached hydrogens (tertiary/aromatic N) is 3. The molecule has 0 unspecified atom stereocenters. The van der Waals surface area contributed by atoms with Crippen LogP contribution in [-0.4, -0.2) is 14.5 Å². The van der Waals surface area contributed by atoms with E-state index in [2.05, 4.69) is 140 Å². The van der Waals surface area contributed by atoms with Crippen molar-refractivity contribution in [3.63, 3.8) is 0 Å². The quantitative estimate of drug-likeness (QED) is 0.156. The first-order valence-corrected chi connectivity index (χ1v) is 17.3. The summed E-state index contributed by atoms with van der Waals surface area (Å²) in [6.07, 6.45) is 1.79. The Bertz CT molecular complexity index is 2220. The van der Waals surface area contributed by atoms with Crippen LogP contribution in [0.25, 0.3) is 60.6 Å². The number of benzene rings is 5. The van der Waals surface area contributed by atoms with Gasteiger partial charge in [-0.25, -0.2) is 0 Å². The van der Waals surface area contributed by atoms with Crippen LogP contribution in [-0.2, 0) is 20.1 Å². The van der Waals surface area contributed by atoms with E-state index >= 15 is 0 Å². The Balaban J connectivity index is 0.000000270. The fraction of sp³-hybridized carbons (Fsp3) is 0.136. The Kier molecular flexibility index (Phi) is 10.7. The maximum Gasteiger partial charge on any atom is 0.0774 e. The van der Waals surface area contributed by atoms with Gasteiger partial charge in [-0.2, -0.15) is 0 Å². The molecular weight excluding hydrogens is 795 g/mol. The summed E-state index contributed by atoms with van der Waals surface area (Å²) in [5.41, 5.74) is 11.6. The molecule has 5 aromatic carbocycles. The van der Waals surface area contributed by atoms with Gasteiger partial charge in [-0.05, 0) is 58.0 Å². The van der Waals surface area contributed by atoms with E-state index in [1.807, 2.05) is 42.5 Å². The molecule has 0 amide bonds. The van der Waals surface area contributed by atoms with Gasteiger partial charge in [-0.15, -0.1) is 41.3 Å². The van der Waals surface area contributed by atoms with E-state index in [0.717, 1.165) is 33.7 Å². The van der Waals surface area contributed by atoms with Gasteiger partial charge in [0.05, 0.1) is 16.9 Å². The molecule has 0 aliphatic carbocycles. The van der Waals surface area contributed by atoms with Crippen LogP contribution >= 0.6 is 11.3 Å². The molecule has 0 N–H and O–H groups in total. The summed E-state index contributed by atoms with van der Waals surface area (Å²) in [5, 5.41) is 4.84. The molecule has 49 heavy (non-hydrogen) atoms. The van der Waals surface area contributed by atoms with Gasteiger partial charge in [0, 0.05) is 32.0 Å². The molecule has 1 radical (unpaired) electrons. The molecule has 0 spiro atoms. The van der Waals surface area contributed by atoms with Gasteiger partial charge < -0.3 is 9.55 Å². The molecule has 0 atom stereocenters. The summed E-state index contributed by atoms with van der Waals surface area (Å²) in [5.74, 6) is 1.74. The Labute approximate surface area is 306 Å².